The summed E-state index contributed by atoms with van der Waals surface area (Å²) in [6.45, 7) is 0.618. The summed E-state index contributed by atoms with van der Waals surface area (Å²) in [6, 6.07) is 15.5. The zero-order chi connectivity index (χ0) is 17.1. The lowest BCUT2D eigenvalue weighted by Crippen LogP contribution is -2.06. The number of aliphatic hydroxyl groups is 1. The first-order valence-electron chi connectivity index (χ1n) is 8.02. The van der Waals surface area contributed by atoms with Gasteiger partial charge in [-0.25, -0.2) is 4.98 Å². The molecule has 0 aliphatic heterocycles. The van der Waals surface area contributed by atoms with Crippen LogP contribution >= 0.6 is 0 Å². The number of aromatic nitrogens is 4. The van der Waals surface area contributed by atoms with E-state index in [1.165, 1.54) is 0 Å². The Bertz CT molecular complexity index is 997. The number of hydrogen-bond acceptors (Lipinski definition) is 5. The van der Waals surface area contributed by atoms with Crippen molar-refractivity contribution in [3.8, 4) is 11.1 Å². The third-order valence-corrected chi connectivity index (χ3v) is 4.00. The summed E-state index contributed by atoms with van der Waals surface area (Å²) in [5.41, 5.74) is 4.49. The van der Waals surface area contributed by atoms with E-state index in [9.17, 15) is 5.11 Å². The predicted octanol–water partition coefficient (Wildman–Crippen LogP) is 2.90. The van der Waals surface area contributed by atoms with Gasteiger partial charge in [-0.1, -0.05) is 24.3 Å². The van der Waals surface area contributed by atoms with Gasteiger partial charge < -0.3 is 10.4 Å². The van der Waals surface area contributed by atoms with Gasteiger partial charge in [0.1, 0.15) is 5.82 Å². The van der Waals surface area contributed by atoms with Crippen molar-refractivity contribution in [3.05, 3.63) is 78.4 Å². The smallest absolute Gasteiger partial charge is 0.165 e. The number of benzene rings is 1. The molecule has 3 heterocycles. The topological polar surface area (TPSA) is 75.3 Å². The van der Waals surface area contributed by atoms with E-state index in [0.29, 0.717) is 6.54 Å². The maximum Gasteiger partial charge on any atom is 0.165 e. The first kappa shape index (κ1) is 15.3. The summed E-state index contributed by atoms with van der Waals surface area (Å²) < 4.78 is 1.78. The van der Waals surface area contributed by atoms with Gasteiger partial charge in [-0.3, -0.25) is 4.98 Å². The van der Waals surface area contributed by atoms with E-state index in [4.69, 9.17) is 0 Å². The lowest BCUT2D eigenvalue weighted by Gasteiger charge is -2.08. The lowest BCUT2D eigenvalue weighted by molar-refractivity contribution is 0.282. The Morgan fingerprint density at radius 3 is 2.80 bits per heavy atom. The van der Waals surface area contributed by atoms with Crippen molar-refractivity contribution >= 4 is 11.5 Å². The Balaban J connectivity index is 1.68. The van der Waals surface area contributed by atoms with E-state index in [2.05, 4.69) is 20.4 Å². The van der Waals surface area contributed by atoms with E-state index >= 15 is 0 Å². The molecular formula is C19H17N5O. The Kier molecular flexibility index (Phi) is 4.10. The van der Waals surface area contributed by atoms with Crippen LogP contribution in [-0.2, 0) is 13.2 Å². The minimum absolute atomic E-state index is 0.0113. The first-order chi connectivity index (χ1) is 12.3. The highest BCUT2D eigenvalue weighted by Gasteiger charge is 2.11. The van der Waals surface area contributed by atoms with Crippen molar-refractivity contribution in [2.24, 2.45) is 0 Å². The fourth-order valence-corrected chi connectivity index (χ4v) is 2.75. The fourth-order valence-electron chi connectivity index (χ4n) is 2.75. The average Bonchev–Trinajstić information content (AvgIpc) is 3.12. The van der Waals surface area contributed by atoms with Gasteiger partial charge in [0.05, 0.1) is 25.0 Å². The lowest BCUT2D eigenvalue weighted by atomic mass is 10.1. The molecule has 6 nitrogen and oxygen atoms in total. The highest BCUT2D eigenvalue weighted by Crippen LogP contribution is 2.25. The Morgan fingerprint density at radius 2 is 1.96 bits per heavy atom. The highest BCUT2D eigenvalue weighted by molar-refractivity contribution is 5.78. The van der Waals surface area contributed by atoms with Crippen molar-refractivity contribution in [1.82, 2.24) is 19.6 Å². The monoisotopic (exact) mass is 331 g/mol. The maximum absolute atomic E-state index is 9.34. The molecule has 3 aromatic heterocycles. The standard InChI is InChI=1S/C19H17N5O/c25-13-14-4-3-5-15(10-14)17-12-23-24-18(7-9-21-19(17)24)22-11-16-6-1-2-8-20-16/h1-10,12,22,25H,11,13H2. The van der Waals surface area contributed by atoms with Crippen LogP contribution in [0.4, 0.5) is 5.82 Å². The van der Waals surface area contributed by atoms with Gasteiger partial charge >= 0.3 is 0 Å². The van der Waals surface area contributed by atoms with Crippen LogP contribution in [0.1, 0.15) is 11.3 Å². The quantitative estimate of drug-likeness (QED) is 0.588. The molecule has 25 heavy (non-hydrogen) atoms. The predicted molar refractivity (Wildman–Crippen MR) is 95.9 cm³/mol. The van der Waals surface area contributed by atoms with Crippen molar-refractivity contribution < 1.29 is 5.11 Å². The van der Waals surface area contributed by atoms with Gasteiger partial charge in [0.15, 0.2) is 5.65 Å². The van der Waals surface area contributed by atoms with E-state index in [1.807, 2.05) is 48.5 Å². The molecule has 0 atom stereocenters. The molecule has 0 unspecified atom stereocenters. The second-order valence-corrected chi connectivity index (χ2v) is 5.66. The average molecular weight is 331 g/mol. The number of fused-ring (bicyclic) bond motifs is 1. The van der Waals surface area contributed by atoms with Crippen LogP contribution in [0.15, 0.2) is 67.1 Å². The normalized spacial score (nSPS) is 10.9. The molecule has 1 aromatic carbocycles. The van der Waals surface area contributed by atoms with Crippen LogP contribution < -0.4 is 5.32 Å². The van der Waals surface area contributed by atoms with E-state index in [-0.39, 0.29) is 6.61 Å². The Labute approximate surface area is 144 Å². The number of anilines is 1. The molecule has 0 saturated heterocycles. The molecular weight excluding hydrogens is 314 g/mol. The van der Waals surface area contributed by atoms with Gasteiger partial charge in [-0.2, -0.15) is 9.61 Å². The summed E-state index contributed by atoms with van der Waals surface area (Å²) in [6.07, 6.45) is 5.33. The van der Waals surface area contributed by atoms with Gasteiger partial charge in [0, 0.05) is 18.0 Å². The van der Waals surface area contributed by atoms with Gasteiger partial charge in [0.25, 0.3) is 0 Å². The third kappa shape index (κ3) is 3.07. The molecule has 0 saturated carbocycles. The molecule has 0 aliphatic carbocycles. The molecule has 4 aromatic rings. The molecule has 2 N–H and O–H groups in total. The Morgan fingerprint density at radius 1 is 1.00 bits per heavy atom. The number of pyridine rings is 1. The highest BCUT2D eigenvalue weighted by atomic mass is 16.3. The summed E-state index contributed by atoms with van der Waals surface area (Å²) in [7, 11) is 0. The number of nitrogens with one attached hydrogen (secondary N) is 1. The van der Waals surface area contributed by atoms with Crippen LogP contribution in [0.5, 0.6) is 0 Å². The number of nitrogens with zero attached hydrogens (tertiary/aromatic N) is 4. The molecule has 0 amide bonds. The van der Waals surface area contributed by atoms with Crippen molar-refractivity contribution in [3.63, 3.8) is 0 Å². The van der Waals surface area contributed by atoms with Crippen molar-refractivity contribution in [2.45, 2.75) is 13.2 Å². The third-order valence-electron chi connectivity index (χ3n) is 4.00. The number of hydrogen-bond donors (Lipinski definition) is 2. The molecule has 0 aliphatic rings. The molecule has 0 radical (unpaired) electrons. The van der Waals surface area contributed by atoms with Crippen LogP contribution in [-0.4, -0.2) is 24.7 Å². The van der Waals surface area contributed by atoms with Crippen LogP contribution in [0.25, 0.3) is 16.8 Å². The minimum atomic E-state index is 0.0113. The second kappa shape index (κ2) is 6.70. The van der Waals surface area contributed by atoms with Crippen molar-refractivity contribution in [1.29, 1.82) is 0 Å². The van der Waals surface area contributed by atoms with E-state index in [1.54, 1.807) is 23.1 Å². The number of aliphatic hydroxyl groups excluding tert-OH is 1. The van der Waals surface area contributed by atoms with Crippen LogP contribution in [0, 0.1) is 0 Å². The molecule has 124 valence electrons. The van der Waals surface area contributed by atoms with Crippen LogP contribution in [0.2, 0.25) is 0 Å². The molecule has 0 spiro atoms. The summed E-state index contributed by atoms with van der Waals surface area (Å²) in [5, 5.41) is 17.2. The van der Waals surface area contributed by atoms with Crippen LogP contribution in [0.3, 0.4) is 0 Å². The Hall–Kier alpha value is -3.25. The van der Waals surface area contributed by atoms with Gasteiger partial charge in [-0.05, 0) is 35.4 Å². The maximum atomic E-state index is 9.34. The molecule has 6 heteroatoms. The zero-order valence-corrected chi connectivity index (χ0v) is 13.5. The van der Waals surface area contributed by atoms with E-state index in [0.717, 1.165) is 33.8 Å². The summed E-state index contributed by atoms with van der Waals surface area (Å²) >= 11 is 0. The largest absolute Gasteiger partial charge is 0.392 e. The van der Waals surface area contributed by atoms with Gasteiger partial charge in [-0.15, -0.1) is 0 Å². The molecule has 0 fully saturated rings. The molecule has 4 rings (SSSR count). The van der Waals surface area contributed by atoms with Gasteiger partial charge in [0.2, 0.25) is 0 Å². The SMILES string of the molecule is OCc1cccc(-c2cnn3c(NCc4ccccn4)ccnc23)c1. The van der Waals surface area contributed by atoms with Crippen molar-refractivity contribution in [2.75, 3.05) is 5.32 Å². The molecule has 0 bridgehead atoms. The number of rotatable bonds is 5. The minimum Gasteiger partial charge on any atom is -0.392 e. The first-order valence-corrected chi connectivity index (χ1v) is 8.02. The van der Waals surface area contributed by atoms with E-state index < -0.39 is 0 Å². The summed E-state index contributed by atoms with van der Waals surface area (Å²) in [4.78, 5) is 8.79. The second-order valence-electron chi connectivity index (χ2n) is 5.66. The summed E-state index contributed by atoms with van der Waals surface area (Å²) in [5.74, 6) is 0.847. The fraction of sp³-hybridized carbons (Fsp3) is 0.105. The zero-order valence-electron chi connectivity index (χ0n) is 13.5.